The van der Waals surface area contributed by atoms with Crippen LogP contribution in [0.2, 0.25) is 0 Å². The van der Waals surface area contributed by atoms with Gasteiger partial charge >= 0.3 is 0 Å². The van der Waals surface area contributed by atoms with Crippen molar-refractivity contribution in [2.45, 2.75) is 25.7 Å². The van der Waals surface area contributed by atoms with Gasteiger partial charge in [0.1, 0.15) is 12.1 Å². The average molecular weight is 221 g/mol. The highest BCUT2D eigenvalue weighted by atomic mass is 19.1. The van der Waals surface area contributed by atoms with Gasteiger partial charge in [0, 0.05) is 30.8 Å². The van der Waals surface area contributed by atoms with Crippen molar-refractivity contribution in [1.82, 2.24) is 0 Å². The van der Waals surface area contributed by atoms with Gasteiger partial charge < -0.3 is 9.69 Å². The number of carbonyl (C=O) groups excluding carboxylic acids is 1. The van der Waals surface area contributed by atoms with Crippen LogP contribution in [0.3, 0.4) is 0 Å². The molecule has 1 aromatic carbocycles. The van der Waals surface area contributed by atoms with E-state index in [1.807, 2.05) is 6.07 Å². The molecule has 1 aromatic rings. The summed E-state index contributed by atoms with van der Waals surface area (Å²) >= 11 is 0. The van der Waals surface area contributed by atoms with E-state index in [1.54, 1.807) is 6.07 Å². The molecule has 0 spiro atoms. The van der Waals surface area contributed by atoms with Gasteiger partial charge in [-0.3, -0.25) is 0 Å². The minimum atomic E-state index is -0.189. The van der Waals surface area contributed by atoms with Gasteiger partial charge in [-0.2, -0.15) is 0 Å². The van der Waals surface area contributed by atoms with E-state index in [2.05, 4.69) is 4.90 Å². The molecule has 16 heavy (non-hydrogen) atoms. The highest BCUT2D eigenvalue weighted by molar-refractivity contribution is 5.57. The van der Waals surface area contributed by atoms with E-state index in [-0.39, 0.29) is 5.82 Å². The van der Waals surface area contributed by atoms with Crippen LogP contribution in [0.25, 0.3) is 0 Å². The lowest BCUT2D eigenvalue weighted by atomic mass is 10.1. The molecule has 0 bridgehead atoms. The van der Waals surface area contributed by atoms with E-state index in [4.69, 9.17) is 0 Å². The largest absolute Gasteiger partial charge is 0.371 e. The number of anilines is 1. The number of hydrogen-bond donors (Lipinski definition) is 0. The molecular weight excluding hydrogens is 205 g/mol. The summed E-state index contributed by atoms with van der Waals surface area (Å²) in [5, 5.41) is 0. The molecule has 1 aliphatic rings. The average Bonchev–Trinajstić information content (AvgIpc) is 2.80. The van der Waals surface area contributed by atoms with E-state index in [1.165, 1.54) is 18.9 Å². The van der Waals surface area contributed by atoms with Crippen LogP contribution in [0.15, 0.2) is 18.2 Å². The first-order chi connectivity index (χ1) is 7.83. The zero-order valence-corrected chi connectivity index (χ0v) is 9.29. The fourth-order valence-corrected chi connectivity index (χ4v) is 2.25. The molecule has 1 fully saturated rings. The summed E-state index contributed by atoms with van der Waals surface area (Å²) < 4.78 is 13.7. The normalized spacial score (nSPS) is 15.4. The third-order valence-corrected chi connectivity index (χ3v) is 3.05. The van der Waals surface area contributed by atoms with Gasteiger partial charge in [0.05, 0.1) is 0 Å². The van der Waals surface area contributed by atoms with Gasteiger partial charge in [0.25, 0.3) is 0 Å². The quantitative estimate of drug-likeness (QED) is 0.728. The first kappa shape index (κ1) is 11.1. The van der Waals surface area contributed by atoms with Crippen molar-refractivity contribution in [2.75, 3.05) is 18.0 Å². The first-order valence-corrected chi connectivity index (χ1v) is 5.79. The van der Waals surface area contributed by atoms with Crippen molar-refractivity contribution < 1.29 is 9.18 Å². The van der Waals surface area contributed by atoms with Gasteiger partial charge in [0.15, 0.2) is 0 Å². The Morgan fingerprint density at radius 3 is 2.75 bits per heavy atom. The van der Waals surface area contributed by atoms with E-state index in [0.717, 1.165) is 25.1 Å². The fraction of sp³-hybridized carbons (Fsp3) is 0.462. The molecule has 1 heterocycles. The Kier molecular flexibility index (Phi) is 3.54. The maximum Gasteiger partial charge on any atom is 0.128 e. The van der Waals surface area contributed by atoms with Crippen LogP contribution in [0.4, 0.5) is 10.1 Å². The SMILES string of the molecule is O=CCCc1c(F)cccc1N1CCCC1. The Hall–Kier alpha value is -1.38. The highest BCUT2D eigenvalue weighted by Gasteiger charge is 2.17. The predicted octanol–water partition coefficient (Wildman–Crippen LogP) is 2.56. The molecule has 2 rings (SSSR count). The third-order valence-electron chi connectivity index (χ3n) is 3.05. The zero-order valence-electron chi connectivity index (χ0n) is 9.29. The van der Waals surface area contributed by atoms with Crippen molar-refractivity contribution >= 4 is 12.0 Å². The van der Waals surface area contributed by atoms with Gasteiger partial charge in [0.2, 0.25) is 0 Å². The number of aldehydes is 1. The van der Waals surface area contributed by atoms with Crippen molar-refractivity contribution in [1.29, 1.82) is 0 Å². The Balaban J connectivity index is 2.27. The van der Waals surface area contributed by atoms with Gasteiger partial charge in [-0.25, -0.2) is 4.39 Å². The molecule has 0 amide bonds. The molecule has 0 aromatic heterocycles. The summed E-state index contributed by atoms with van der Waals surface area (Å²) in [4.78, 5) is 12.6. The second-order valence-corrected chi connectivity index (χ2v) is 4.14. The molecular formula is C13H16FNO. The fourth-order valence-electron chi connectivity index (χ4n) is 2.25. The third kappa shape index (κ3) is 2.23. The van der Waals surface area contributed by atoms with Crippen LogP contribution in [0, 0.1) is 5.82 Å². The minimum absolute atomic E-state index is 0.189. The molecule has 1 saturated heterocycles. The van der Waals surface area contributed by atoms with E-state index < -0.39 is 0 Å². The van der Waals surface area contributed by atoms with Crippen molar-refractivity contribution in [3.63, 3.8) is 0 Å². The van der Waals surface area contributed by atoms with E-state index >= 15 is 0 Å². The molecule has 0 N–H and O–H groups in total. The molecule has 3 heteroatoms. The molecule has 0 saturated carbocycles. The van der Waals surface area contributed by atoms with Crippen LogP contribution in [0.5, 0.6) is 0 Å². The van der Waals surface area contributed by atoms with Crippen LogP contribution >= 0.6 is 0 Å². The Morgan fingerprint density at radius 2 is 2.06 bits per heavy atom. The zero-order chi connectivity index (χ0) is 11.4. The summed E-state index contributed by atoms with van der Waals surface area (Å²) in [6.45, 7) is 2.00. The Labute approximate surface area is 95.1 Å². The first-order valence-electron chi connectivity index (χ1n) is 5.79. The summed E-state index contributed by atoms with van der Waals surface area (Å²) in [6, 6.07) is 5.17. The molecule has 0 unspecified atom stereocenters. The van der Waals surface area contributed by atoms with Crippen LogP contribution in [0.1, 0.15) is 24.8 Å². The number of halogens is 1. The van der Waals surface area contributed by atoms with Crippen LogP contribution < -0.4 is 4.90 Å². The number of hydrogen-bond acceptors (Lipinski definition) is 2. The lowest BCUT2D eigenvalue weighted by Gasteiger charge is -2.21. The maximum absolute atomic E-state index is 13.7. The van der Waals surface area contributed by atoms with E-state index in [9.17, 15) is 9.18 Å². The number of benzene rings is 1. The van der Waals surface area contributed by atoms with Gasteiger partial charge in [-0.1, -0.05) is 6.07 Å². The lowest BCUT2D eigenvalue weighted by molar-refractivity contribution is -0.107. The van der Waals surface area contributed by atoms with Gasteiger partial charge in [-0.05, 0) is 31.4 Å². The van der Waals surface area contributed by atoms with Gasteiger partial charge in [-0.15, -0.1) is 0 Å². The summed E-state index contributed by atoms with van der Waals surface area (Å²) in [7, 11) is 0. The standard InChI is InChI=1S/C13H16FNO/c14-12-6-3-7-13(11(12)5-4-10-16)15-8-1-2-9-15/h3,6-7,10H,1-2,4-5,8-9H2. The maximum atomic E-state index is 13.7. The van der Waals surface area contributed by atoms with Crippen LogP contribution in [-0.4, -0.2) is 19.4 Å². The van der Waals surface area contributed by atoms with E-state index in [0.29, 0.717) is 18.4 Å². The van der Waals surface area contributed by atoms with Crippen LogP contribution in [-0.2, 0) is 11.2 Å². The number of rotatable bonds is 4. The highest BCUT2D eigenvalue weighted by Crippen LogP contribution is 2.27. The minimum Gasteiger partial charge on any atom is -0.371 e. The summed E-state index contributed by atoms with van der Waals surface area (Å²) in [6.07, 6.45) is 4.08. The molecule has 0 radical (unpaired) electrons. The topological polar surface area (TPSA) is 20.3 Å². The second kappa shape index (κ2) is 5.10. The summed E-state index contributed by atoms with van der Waals surface area (Å²) in [5.74, 6) is -0.189. The molecule has 0 aliphatic carbocycles. The lowest BCUT2D eigenvalue weighted by Crippen LogP contribution is -2.19. The Bertz CT molecular complexity index is 372. The number of carbonyl (C=O) groups is 1. The van der Waals surface area contributed by atoms with Crippen molar-refractivity contribution in [3.05, 3.63) is 29.6 Å². The molecule has 1 aliphatic heterocycles. The smallest absolute Gasteiger partial charge is 0.128 e. The Morgan fingerprint density at radius 1 is 1.31 bits per heavy atom. The predicted molar refractivity (Wildman–Crippen MR) is 62.2 cm³/mol. The molecule has 86 valence electrons. The molecule has 2 nitrogen and oxygen atoms in total. The summed E-state index contributed by atoms with van der Waals surface area (Å²) in [5.41, 5.74) is 1.66. The second-order valence-electron chi connectivity index (χ2n) is 4.14. The molecule has 0 atom stereocenters. The monoisotopic (exact) mass is 221 g/mol. The van der Waals surface area contributed by atoms with Crippen molar-refractivity contribution in [2.24, 2.45) is 0 Å². The van der Waals surface area contributed by atoms with Crippen molar-refractivity contribution in [3.8, 4) is 0 Å². The number of nitrogens with zero attached hydrogens (tertiary/aromatic N) is 1.